The summed E-state index contributed by atoms with van der Waals surface area (Å²) in [5.74, 6) is 0. The van der Waals surface area contributed by atoms with Crippen LogP contribution in [0.15, 0.2) is 54.5 Å². The Morgan fingerprint density at radius 2 is 1.72 bits per heavy atom. The number of rotatable bonds is 4. The summed E-state index contributed by atoms with van der Waals surface area (Å²) in [4.78, 5) is 0. The van der Waals surface area contributed by atoms with Crippen molar-refractivity contribution in [1.29, 1.82) is 0 Å². The molecule has 0 heterocycles. The maximum absolute atomic E-state index is 3.36. The van der Waals surface area contributed by atoms with Crippen LogP contribution in [0.2, 0.25) is 0 Å². The highest BCUT2D eigenvalue weighted by Crippen LogP contribution is 2.28. The van der Waals surface area contributed by atoms with Gasteiger partial charge in [-0.3, -0.25) is 0 Å². The van der Waals surface area contributed by atoms with Gasteiger partial charge >= 0.3 is 0 Å². The first-order chi connectivity index (χ1) is 8.76. The quantitative estimate of drug-likeness (QED) is 0.550. The molecule has 0 aliphatic heterocycles. The first-order valence-electron chi connectivity index (χ1n) is 6.68. The van der Waals surface area contributed by atoms with E-state index in [2.05, 4.69) is 62.2 Å². The average Bonchev–Trinajstić information content (AvgIpc) is 2.43. The fourth-order valence-electron chi connectivity index (χ4n) is 1.07. The van der Waals surface area contributed by atoms with E-state index in [1.54, 1.807) is 6.08 Å². The highest BCUT2D eigenvalue weighted by Gasteiger charge is 2.01. The number of hydrogen-bond acceptors (Lipinski definition) is 1. The smallest absolute Gasteiger partial charge is 0.0310 e. The van der Waals surface area contributed by atoms with Crippen LogP contribution in [0.4, 0.5) is 0 Å². The third-order valence-electron chi connectivity index (χ3n) is 1.88. The minimum Gasteiger partial charge on any atom is -0.127 e. The van der Waals surface area contributed by atoms with Crippen molar-refractivity contribution in [2.75, 3.05) is 0 Å². The zero-order valence-corrected chi connectivity index (χ0v) is 13.3. The Morgan fingerprint density at radius 1 is 1.22 bits per heavy atom. The second-order valence-electron chi connectivity index (χ2n) is 3.38. The van der Waals surface area contributed by atoms with Crippen LogP contribution in [0.25, 0.3) is 0 Å². The van der Waals surface area contributed by atoms with Gasteiger partial charge in [0.1, 0.15) is 0 Å². The number of benzene rings is 1. The number of hydrogen-bond donors (Lipinski definition) is 0. The minimum absolute atomic E-state index is 0.559. The Labute approximate surface area is 118 Å². The normalized spacial score (nSPS) is 10.7. The molecular formula is C17H28S. The van der Waals surface area contributed by atoms with Gasteiger partial charge in [0.25, 0.3) is 0 Å². The zero-order chi connectivity index (χ0) is 14.2. The summed E-state index contributed by atoms with van der Waals surface area (Å²) in [6.45, 7) is 13.6. The van der Waals surface area contributed by atoms with Gasteiger partial charge in [0.2, 0.25) is 0 Å². The molecule has 0 spiro atoms. The van der Waals surface area contributed by atoms with Gasteiger partial charge < -0.3 is 0 Å². The fraction of sp³-hybridized carbons (Fsp3) is 0.412. The molecule has 1 unspecified atom stereocenters. The van der Waals surface area contributed by atoms with Gasteiger partial charge in [-0.1, -0.05) is 63.3 Å². The standard InChI is InChI=1S/C12H16S.C3H6.C2H6/c1-3-4-10-13-11(2)12-8-6-5-7-9-12;1-3-2;1-2/h4-11H,3H2,1-2H3;3H,1H2,2H3;1-2H3/b10-4+;;. The van der Waals surface area contributed by atoms with Gasteiger partial charge in [-0.25, -0.2) is 0 Å². The fourth-order valence-corrected chi connectivity index (χ4v) is 1.93. The van der Waals surface area contributed by atoms with Crippen LogP contribution in [-0.4, -0.2) is 0 Å². The Morgan fingerprint density at radius 3 is 2.17 bits per heavy atom. The molecule has 0 aliphatic carbocycles. The topological polar surface area (TPSA) is 0 Å². The Kier molecular flexibility index (Phi) is 17.3. The molecule has 18 heavy (non-hydrogen) atoms. The first kappa shape index (κ1) is 19.4. The van der Waals surface area contributed by atoms with E-state index < -0.39 is 0 Å². The molecular weight excluding hydrogens is 236 g/mol. The molecule has 1 atom stereocenters. The highest BCUT2D eigenvalue weighted by molar-refractivity contribution is 8.02. The molecule has 0 aromatic heterocycles. The van der Waals surface area contributed by atoms with Crippen molar-refractivity contribution in [2.24, 2.45) is 0 Å². The molecule has 1 aromatic rings. The molecule has 0 bridgehead atoms. The van der Waals surface area contributed by atoms with Crippen LogP contribution >= 0.6 is 11.8 Å². The summed E-state index contributed by atoms with van der Waals surface area (Å²) in [5, 5.41) is 2.75. The van der Waals surface area contributed by atoms with Crippen LogP contribution in [0, 0.1) is 0 Å². The summed E-state index contributed by atoms with van der Waals surface area (Å²) in [6.07, 6.45) is 5.07. The maximum atomic E-state index is 3.36. The lowest BCUT2D eigenvalue weighted by Gasteiger charge is -2.07. The summed E-state index contributed by atoms with van der Waals surface area (Å²) in [5.41, 5.74) is 1.40. The molecule has 0 saturated heterocycles. The first-order valence-corrected chi connectivity index (χ1v) is 7.63. The van der Waals surface area contributed by atoms with E-state index in [0.717, 1.165) is 6.42 Å². The monoisotopic (exact) mass is 264 g/mol. The summed E-state index contributed by atoms with van der Waals surface area (Å²) < 4.78 is 0. The van der Waals surface area contributed by atoms with Gasteiger partial charge in [0.05, 0.1) is 0 Å². The van der Waals surface area contributed by atoms with Crippen molar-refractivity contribution in [3.8, 4) is 0 Å². The summed E-state index contributed by atoms with van der Waals surface area (Å²) in [6, 6.07) is 10.6. The van der Waals surface area contributed by atoms with Crippen molar-refractivity contribution in [2.45, 2.75) is 46.3 Å². The third kappa shape index (κ3) is 11.5. The van der Waals surface area contributed by atoms with E-state index in [4.69, 9.17) is 0 Å². The van der Waals surface area contributed by atoms with E-state index >= 15 is 0 Å². The van der Waals surface area contributed by atoms with Gasteiger partial charge in [0, 0.05) is 5.25 Å². The largest absolute Gasteiger partial charge is 0.127 e. The number of allylic oxidation sites excluding steroid dienone is 2. The summed E-state index contributed by atoms with van der Waals surface area (Å²) >= 11 is 1.87. The molecule has 1 rings (SSSR count). The van der Waals surface area contributed by atoms with Crippen LogP contribution in [0.1, 0.15) is 51.9 Å². The lowest BCUT2D eigenvalue weighted by Crippen LogP contribution is -1.84. The second kappa shape index (κ2) is 16.1. The lowest BCUT2D eigenvalue weighted by atomic mass is 10.2. The van der Waals surface area contributed by atoms with Crippen LogP contribution in [-0.2, 0) is 0 Å². The second-order valence-corrected chi connectivity index (χ2v) is 4.63. The molecule has 0 N–H and O–H groups in total. The molecule has 0 radical (unpaired) electrons. The van der Waals surface area contributed by atoms with Crippen molar-refractivity contribution in [1.82, 2.24) is 0 Å². The van der Waals surface area contributed by atoms with E-state index in [1.807, 2.05) is 32.5 Å². The van der Waals surface area contributed by atoms with Crippen molar-refractivity contribution in [3.63, 3.8) is 0 Å². The summed E-state index contributed by atoms with van der Waals surface area (Å²) in [7, 11) is 0. The van der Waals surface area contributed by atoms with E-state index in [9.17, 15) is 0 Å². The highest BCUT2D eigenvalue weighted by atomic mass is 32.2. The molecule has 0 amide bonds. The SMILES string of the molecule is C=CC.CC.CC/C=C/SC(C)c1ccccc1. The van der Waals surface area contributed by atoms with E-state index in [0.29, 0.717) is 5.25 Å². The minimum atomic E-state index is 0.559. The molecule has 1 heteroatoms. The van der Waals surface area contributed by atoms with E-state index in [-0.39, 0.29) is 0 Å². The van der Waals surface area contributed by atoms with Crippen molar-refractivity contribution < 1.29 is 0 Å². The van der Waals surface area contributed by atoms with Crippen molar-refractivity contribution in [3.05, 3.63) is 60.0 Å². The lowest BCUT2D eigenvalue weighted by molar-refractivity contribution is 1.11. The van der Waals surface area contributed by atoms with Crippen LogP contribution in [0.5, 0.6) is 0 Å². The molecule has 102 valence electrons. The molecule has 0 fully saturated rings. The molecule has 0 nitrogen and oxygen atoms in total. The maximum Gasteiger partial charge on any atom is 0.0310 e. The van der Waals surface area contributed by atoms with Gasteiger partial charge in [-0.15, -0.1) is 18.3 Å². The molecule has 1 aromatic carbocycles. The average molecular weight is 264 g/mol. The molecule has 0 saturated carbocycles. The predicted octanol–water partition coefficient (Wildman–Crippen LogP) is 6.62. The predicted molar refractivity (Wildman–Crippen MR) is 89.1 cm³/mol. The Balaban J connectivity index is 0. The Hall–Kier alpha value is -0.950. The van der Waals surface area contributed by atoms with Gasteiger partial charge in [0.15, 0.2) is 0 Å². The van der Waals surface area contributed by atoms with Gasteiger partial charge in [-0.2, -0.15) is 0 Å². The van der Waals surface area contributed by atoms with Crippen molar-refractivity contribution >= 4 is 11.8 Å². The Bertz CT molecular complexity index is 288. The number of thioether (sulfide) groups is 1. The van der Waals surface area contributed by atoms with Crippen LogP contribution in [0.3, 0.4) is 0 Å². The third-order valence-corrected chi connectivity index (χ3v) is 2.91. The molecule has 0 aliphatic rings. The zero-order valence-electron chi connectivity index (χ0n) is 12.5. The van der Waals surface area contributed by atoms with Gasteiger partial charge in [-0.05, 0) is 31.2 Å². The van der Waals surface area contributed by atoms with E-state index in [1.165, 1.54) is 5.56 Å². The van der Waals surface area contributed by atoms with Crippen LogP contribution < -0.4 is 0 Å².